The van der Waals surface area contributed by atoms with E-state index in [4.69, 9.17) is 4.74 Å². The lowest BCUT2D eigenvalue weighted by atomic mass is 10.1. The third-order valence-electron chi connectivity index (χ3n) is 4.15. The molecule has 2 N–H and O–H groups in total. The van der Waals surface area contributed by atoms with Gasteiger partial charge in [-0.15, -0.1) is 0 Å². The number of nitrogens with zero attached hydrogens (tertiary/aromatic N) is 1. The zero-order valence-corrected chi connectivity index (χ0v) is 15.7. The van der Waals surface area contributed by atoms with E-state index < -0.39 is 0 Å². The van der Waals surface area contributed by atoms with Crippen molar-refractivity contribution in [3.63, 3.8) is 0 Å². The van der Waals surface area contributed by atoms with E-state index in [-0.39, 0.29) is 17.4 Å². The van der Waals surface area contributed by atoms with Crippen LogP contribution in [0.25, 0.3) is 0 Å². The Hall–Kier alpha value is -3.67. The molecule has 1 heterocycles. The van der Waals surface area contributed by atoms with Gasteiger partial charge in [0.2, 0.25) is 0 Å². The molecule has 1 aromatic heterocycles. The van der Waals surface area contributed by atoms with E-state index >= 15 is 0 Å². The number of amides is 2. The smallest absolute Gasteiger partial charge is 0.257 e. The number of aromatic nitrogens is 1. The van der Waals surface area contributed by atoms with Crippen molar-refractivity contribution in [2.45, 2.75) is 13.5 Å². The molecule has 0 spiro atoms. The third-order valence-corrected chi connectivity index (χ3v) is 4.15. The van der Waals surface area contributed by atoms with Crippen molar-refractivity contribution in [3.8, 4) is 5.75 Å². The minimum absolute atomic E-state index is 0.286. The van der Waals surface area contributed by atoms with E-state index in [1.165, 1.54) is 25.6 Å². The normalized spacial score (nSPS) is 10.2. The number of nitrogens with one attached hydrogen (secondary N) is 2. The molecule has 0 unspecified atom stereocenters. The summed E-state index contributed by atoms with van der Waals surface area (Å²) in [4.78, 5) is 29.0. The van der Waals surface area contributed by atoms with Crippen LogP contribution >= 0.6 is 0 Å². The van der Waals surface area contributed by atoms with E-state index in [2.05, 4.69) is 15.6 Å². The number of carbonyl (C=O) groups excluding carboxylic acids is 2. The highest BCUT2D eigenvalue weighted by Gasteiger charge is 2.13. The molecule has 3 rings (SSSR count). The first-order valence-corrected chi connectivity index (χ1v) is 8.80. The largest absolute Gasteiger partial charge is 0.495 e. The molecule has 0 bridgehead atoms. The Labute approximate surface area is 163 Å². The summed E-state index contributed by atoms with van der Waals surface area (Å²) in [6, 6.07) is 16.5. The number of benzene rings is 2. The molecule has 0 aliphatic rings. The van der Waals surface area contributed by atoms with Crippen molar-refractivity contribution in [2.75, 3.05) is 12.4 Å². The molecular weight excluding hydrogens is 354 g/mol. The summed E-state index contributed by atoms with van der Waals surface area (Å²) in [6.07, 6.45) is 2.85. The van der Waals surface area contributed by atoms with Crippen LogP contribution in [0.4, 0.5) is 5.69 Å². The van der Waals surface area contributed by atoms with Crippen LogP contribution in [0.15, 0.2) is 67.0 Å². The van der Waals surface area contributed by atoms with E-state index in [1.54, 1.807) is 18.2 Å². The van der Waals surface area contributed by atoms with E-state index in [0.29, 0.717) is 23.5 Å². The molecule has 0 fully saturated rings. The molecule has 6 heteroatoms. The summed E-state index contributed by atoms with van der Waals surface area (Å²) >= 11 is 0. The van der Waals surface area contributed by atoms with E-state index in [9.17, 15) is 9.59 Å². The number of aryl methyl sites for hydroxylation is 1. The highest BCUT2D eigenvalue weighted by atomic mass is 16.5. The molecule has 0 aliphatic heterocycles. The minimum Gasteiger partial charge on any atom is -0.495 e. The van der Waals surface area contributed by atoms with Crippen LogP contribution in [0.5, 0.6) is 5.75 Å². The number of rotatable bonds is 6. The van der Waals surface area contributed by atoms with Crippen molar-refractivity contribution >= 4 is 17.5 Å². The summed E-state index contributed by atoms with van der Waals surface area (Å²) in [6.45, 7) is 2.40. The summed E-state index contributed by atoms with van der Waals surface area (Å²) in [5.41, 5.74) is 3.29. The quantitative estimate of drug-likeness (QED) is 0.690. The van der Waals surface area contributed by atoms with Crippen LogP contribution in [0.3, 0.4) is 0 Å². The maximum atomic E-state index is 12.5. The molecule has 0 radical (unpaired) electrons. The zero-order chi connectivity index (χ0) is 19.9. The van der Waals surface area contributed by atoms with Gasteiger partial charge in [-0.05, 0) is 30.7 Å². The van der Waals surface area contributed by atoms with Gasteiger partial charge in [0.05, 0.1) is 23.9 Å². The number of anilines is 1. The lowest BCUT2D eigenvalue weighted by molar-refractivity contribution is 0.0950. The monoisotopic (exact) mass is 375 g/mol. The molecule has 0 saturated heterocycles. The molecule has 0 saturated carbocycles. The Morgan fingerprint density at radius 1 is 0.964 bits per heavy atom. The number of para-hydroxylation sites is 2. The Bertz CT molecular complexity index is 1000. The van der Waals surface area contributed by atoms with Gasteiger partial charge in [-0.3, -0.25) is 14.6 Å². The standard InChI is InChI=1S/C22H21N3O3/c1-15-6-5-7-16(10-15)12-24-21(26)17-11-18(14-23-13-17)22(27)25-19-8-3-4-9-20(19)28-2/h3-11,13-14H,12H2,1-2H3,(H,24,26)(H,25,27). The van der Waals surface area contributed by atoms with Crippen molar-refractivity contribution < 1.29 is 14.3 Å². The number of carbonyl (C=O) groups is 2. The fourth-order valence-electron chi connectivity index (χ4n) is 2.74. The number of methoxy groups -OCH3 is 1. The van der Waals surface area contributed by atoms with Gasteiger partial charge >= 0.3 is 0 Å². The van der Waals surface area contributed by atoms with Crippen molar-refractivity contribution in [1.29, 1.82) is 0 Å². The molecular formula is C22H21N3O3. The number of pyridine rings is 1. The van der Waals surface area contributed by atoms with Crippen LogP contribution in [0.2, 0.25) is 0 Å². The van der Waals surface area contributed by atoms with Gasteiger partial charge in [0.15, 0.2) is 0 Å². The minimum atomic E-state index is -0.370. The van der Waals surface area contributed by atoms with Gasteiger partial charge in [-0.1, -0.05) is 42.0 Å². The molecule has 0 aliphatic carbocycles. The topological polar surface area (TPSA) is 80.3 Å². The highest BCUT2D eigenvalue weighted by Crippen LogP contribution is 2.23. The maximum absolute atomic E-state index is 12.5. The summed E-state index contributed by atoms with van der Waals surface area (Å²) in [5.74, 6) is -0.109. The average molecular weight is 375 g/mol. The second kappa shape index (κ2) is 8.81. The van der Waals surface area contributed by atoms with Gasteiger partial charge in [0.25, 0.3) is 11.8 Å². The molecule has 28 heavy (non-hydrogen) atoms. The number of hydrogen-bond acceptors (Lipinski definition) is 4. The van der Waals surface area contributed by atoms with E-state index in [0.717, 1.165) is 11.1 Å². The highest BCUT2D eigenvalue weighted by molar-refractivity contribution is 6.06. The van der Waals surface area contributed by atoms with Gasteiger partial charge in [0, 0.05) is 18.9 Å². The number of ether oxygens (including phenoxy) is 1. The third kappa shape index (κ3) is 4.73. The van der Waals surface area contributed by atoms with Crippen LogP contribution in [-0.4, -0.2) is 23.9 Å². The van der Waals surface area contributed by atoms with Crippen molar-refractivity contribution in [3.05, 3.63) is 89.2 Å². The number of hydrogen-bond donors (Lipinski definition) is 2. The van der Waals surface area contributed by atoms with Crippen LogP contribution < -0.4 is 15.4 Å². The molecule has 2 aromatic carbocycles. The summed E-state index contributed by atoms with van der Waals surface area (Å²) < 4.78 is 5.23. The molecule has 0 atom stereocenters. The molecule has 142 valence electrons. The Balaban J connectivity index is 1.69. The SMILES string of the molecule is COc1ccccc1NC(=O)c1cncc(C(=O)NCc2cccc(C)c2)c1. The summed E-state index contributed by atoms with van der Waals surface area (Å²) in [7, 11) is 1.53. The zero-order valence-electron chi connectivity index (χ0n) is 15.7. The maximum Gasteiger partial charge on any atom is 0.257 e. The lowest BCUT2D eigenvalue weighted by Crippen LogP contribution is -2.23. The van der Waals surface area contributed by atoms with Crippen LogP contribution in [0, 0.1) is 6.92 Å². The first-order valence-electron chi connectivity index (χ1n) is 8.80. The average Bonchev–Trinajstić information content (AvgIpc) is 2.72. The Kier molecular flexibility index (Phi) is 6.01. The van der Waals surface area contributed by atoms with Crippen molar-refractivity contribution in [1.82, 2.24) is 10.3 Å². The first-order chi connectivity index (χ1) is 13.6. The van der Waals surface area contributed by atoms with Gasteiger partial charge in [0.1, 0.15) is 5.75 Å². The second-order valence-electron chi connectivity index (χ2n) is 6.29. The van der Waals surface area contributed by atoms with Crippen molar-refractivity contribution in [2.24, 2.45) is 0 Å². The lowest BCUT2D eigenvalue weighted by Gasteiger charge is -2.10. The predicted octanol–water partition coefficient (Wildman–Crippen LogP) is 3.58. The van der Waals surface area contributed by atoms with E-state index in [1.807, 2.05) is 37.3 Å². The summed E-state index contributed by atoms with van der Waals surface area (Å²) in [5, 5.41) is 5.62. The first kappa shape index (κ1) is 19.1. The van der Waals surface area contributed by atoms with Gasteiger partial charge in [-0.2, -0.15) is 0 Å². The molecule has 6 nitrogen and oxygen atoms in total. The fourth-order valence-corrected chi connectivity index (χ4v) is 2.74. The van der Waals surface area contributed by atoms with Crippen LogP contribution in [0.1, 0.15) is 31.8 Å². The van der Waals surface area contributed by atoms with Gasteiger partial charge < -0.3 is 15.4 Å². The molecule has 2 amide bonds. The van der Waals surface area contributed by atoms with Gasteiger partial charge in [-0.25, -0.2) is 0 Å². The fraction of sp³-hybridized carbons (Fsp3) is 0.136. The Morgan fingerprint density at radius 2 is 1.71 bits per heavy atom. The predicted molar refractivity (Wildman–Crippen MR) is 108 cm³/mol. The molecule has 3 aromatic rings. The Morgan fingerprint density at radius 3 is 2.46 bits per heavy atom. The van der Waals surface area contributed by atoms with Crippen LogP contribution in [-0.2, 0) is 6.54 Å². The second-order valence-corrected chi connectivity index (χ2v) is 6.29.